The molecule has 0 aliphatic carbocycles. The van der Waals surface area contributed by atoms with Gasteiger partial charge in [0.1, 0.15) is 5.75 Å². The molecule has 3 heteroatoms. The molecule has 0 bridgehead atoms. The summed E-state index contributed by atoms with van der Waals surface area (Å²) < 4.78 is 5.50. The van der Waals surface area contributed by atoms with Crippen LogP contribution in [0.15, 0.2) is 42.6 Å². The molecule has 0 aliphatic heterocycles. The van der Waals surface area contributed by atoms with Gasteiger partial charge in [0.05, 0.1) is 11.7 Å². The van der Waals surface area contributed by atoms with E-state index >= 15 is 0 Å². The predicted molar refractivity (Wildman–Crippen MR) is 74.1 cm³/mol. The van der Waals surface area contributed by atoms with Gasteiger partial charge < -0.3 is 9.84 Å². The lowest BCUT2D eigenvalue weighted by Gasteiger charge is -2.07. The largest absolute Gasteiger partial charge is 0.507 e. The number of nitrogens with zero attached hydrogens (tertiary/aromatic N) is 1. The minimum atomic E-state index is 0.0777. The van der Waals surface area contributed by atoms with E-state index in [1.807, 2.05) is 19.9 Å². The molecule has 0 amide bonds. The van der Waals surface area contributed by atoms with Crippen LogP contribution in [-0.4, -0.2) is 16.2 Å². The zero-order valence-electron chi connectivity index (χ0n) is 10.9. The maximum atomic E-state index is 9.62. The van der Waals surface area contributed by atoms with E-state index in [1.54, 1.807) is 36.5 Å². The van der Waals surface area contributed by atoms with Crippen molar-refractivity contribution < 1.29 is 9.84 Å². The van der Waals surface area contributed by atoms with Crippen LogP contribution in [-0.2, 0) is 0 Å². The minimum absolute atomic E-state index is 0.0777. The Morgan fingerprint density at radius 2 is 1.95 bits per heavy atom. The van der Waals surface area contributed by atoms with E-state index in [0.717, 1.165) is 5.56 Å². The summed E-state index contributed by atoms with van der Waals surface area (Å²) >= 11 is 0. The summed E-state index contributed by atoms with van der Waals surface area (Å²) in [5.41, 5.74) is 1.40. The van der Waals surface area contributed by atoms with Crippen molar-refractivity contribution in [1.82, 2.24) is 4.98 Å². The molecule has 1 aromatic heterocycles. The first-order valence-corrected chi connectivity index (χ1v) is 6.08. The summed E-state index contributed by atoms with van der Waals surface area (Å²) in [7, 11) is 0. The van der Waals surface area contributed by atoms with Crippen molar-refractivity contribution in [2.24, 2.45) is 0 Å². The maximum Gasteiger partial charge on any atom is 0.214 e. The van der Waals surface area contributed by atoms with Crippen LogP contribution in [0.1, 0.15) is 25.0 Å². The molecule has 0 radical (unpaired) electrons. The molecule has 0 fully saturated rings. The number of aromatic hydroxyl groups is 1. The number of benzene rings is 1. The molecule has 0 atom stereocenters. The van der Waals surface area contributed by atoms with E-state index in [9.17, 15) is 5.11 Å². The Kier molecular flexibility index (Phi) is 4.04. The molecule has 3 nitrogen and oxygen atoms in total. The van der Waals surface area contributed by atoms with Crippen LogP contribution in [0.2, 0.25) is 0 Å². The van der Waals surface area contributed by atoms with Crippen LogP contribution in [0.5, 0.6) is 11.6 Å². The SMILES string of the molecule is CC(C)Oc1cc(C#Cc2ccccc2O)ccn1. The molecule has 0 aliphatic rings. The summed E-state index contributed by atoms with van der Waals surface area (Å²) in [4.78, 5) is 4.11. The Balaban J connectivity index is 2.23. The third kappa shape index (κ3) is 3.75. The van der Waals surface area contributed by atoms with Crippen LogP contribution in [0, 0.1) is 11.8 Å². The molecule has 2 rings (SSSR count). The van der Waals surface area contributed by atoms with Gasteiger partial charge >= 0.3 is 0 Å². The summed E-state index contributed by atoms with van der Waals surface area (Å²) in [5, 5.41) is 9.62. The lowest BCUT2D eigenvalue weighted by molar-refractivity contribution is 0.232. The lowest BCUT2D eigenvalue weighted by Crippen LogP contribution is -2.06. The highest BCUT2D eigenvalue weighted by molar-refractivity contribution is 5.49. The van der Waals surface area contributed by atoms with Crippen LogP contribution in [0.25, 0.3) is 0 Å². The van der Waals surface area contributed by atoms with E-state index in [1.165, 1.54) is 0 Å². The average molecular weight is 253 g/mol. The number of aromatic nitrogens is 1. The highest BCUT2D eigenvalue weighted by atomic mass is 16.5. The Bertz CT molecular complexity index is 624. The molecular weight excluding hydrogens is 238 g/mol. The molecule has 0 spiro atoms. The fraction of sp³-hybridized carbons (Fsp3) is 0.188. The lowest BCUT2D eigenvalue weighted by atomic mass is 10.2. The van der Waals surface area contributed by atoms with Gasteiger partial charge in [0.2, 0.25) is 5.88 Å². The monoisotopic (exact) mass is 253 g/mol. The fourth-order valence-corrected chi connectivity index (χ4v) is 1.51. The van der Waals surface area contributed by atoms with Gasteiger partial charge in [0.25, 0.3) is 0 Å². The Morgan fingerprint density at radius 1 is 1.16 bits per heavy atom. The normalized spacial score (nSPS) is 9.84. The molecule has 0 unspecified atom stereocenters. The van der Waals surface area contributed by atoms with Gasteiger partial charge in [-0.1, -0.05) is 24.0 Å². The second-order valence-corrected chi connectivity index (χ2v) is 4.32. The quantitative estimate of drug-likeness (QED) is 0.837. The first-order valence-electron chi connectivity index (χ1n) is 6.08. The van der Waals surface area contributed by atoms with Gasteiger partial charge in [-0.15, -0.1) is 0 Å². The Morgan fingerprint density at radius 3 is 2.68 bits per heavy atom. The predicted octanol–water partition coefficient (Wildman–Crippen LogP) is 2.97. The maximum absolute atomic E-state index is 9.62. The molecule has 96 valence electrons. The Labute approximate surface area is 112 Å². The summed E-state index contributed by atoms with van der Waals surface area (Å²) in [5.74, 6) is 6.65. The van der Waals surface area contributed by atoms with E-state index in [2.05, 4.69) is 16.8 Å². The zero-order chi connectivity index (χ0) is 13.7. The van der Waals surface area contributed by atoms with Gasteiger partial charge in [-0.2, -0.15) is 0 Å². The first-order chi connectivity index (χ1) is 9.15. The molecule has 2 aromatic rings. The van der Waals surface area contributed by atoms with Crippen molar-refractivity contribution in [3.05, 3.63) is 53.7 Å². The van der Waals surface area contributed by atoms with Crippen molar-refractivity contribution in [2.45, 2.75) is 20.0 Å². The molecule has 19 heavy (non-hydrogen) atoms. The van der Waals surface area contributed by atoms with Crippen LogP contribution in [0.3, 0.4) is 0 Å². The van der Waals surface area contributed by atoms with E-state index < -0.39 is 0 Å². The highest BCUT2D eigenvalue weighted by Gasteiger charge is 1.99. The van der Waals surface area contributed by atoms with Gasteiger partial charge in [-0.3, -0.25) is 0 Å². The van der Waals surface area contributed by atoms with Crippen LogP contribution in [0.4, 0.5) is 0 Å². The molecule has 0 saturated carbocycles. The topological polar surface area (TPSA) is 42.4 Å². The zero-order valence-corrected chi connectivity index (χ0v) is 10.9. The number of para-hydroxylation sites is 1. The average Bonchev–Trinajstić information content (AvgIpc) is 2.37. The van der Waals surface area contributed by atoms with E-state index in [4.69, 9.17) is 4.74 Å². The van der Waals surface area contributed by atoms with Crippen molar-refractivity contribution in [3.63, 3.8) is 0 Å². The number of hydrogen-bond acceptors (Lipinski definition) is 3. The second kappa shape index (κ2) is 5.92. The van der Waals surface area contributed by atoms with Crippen LogP contribution >= 0.6 is 0 Å². The van der Waals surface area contributed by atoms with E-state index in [-0.39, 0.29) is 11.9 Å². The number of phenols is 1. The Hall–Kier alpha value is -2.47. The number of pyridine rings is 1. The fourth-order valence-electron chi connectivity index (χ4n) is 1.51. The third-order valence-electron chi connectivity index (χ3n) is 2.34. The van der Waals surface area contributed by atoms with Gasteiger partial charge in [-0.05, 0) is 32.0 Å². The number of ether oxygens (including phenoxy) is 1. The first kappa shape index (κ1) is 13.0. The van der Waals surface area contributed by atoms with E-state index in [0.29, 0.717) is 11.4 Å². The van der Waals surface area contributed by atoms with Crippen molar-refractivity contribution in [3.8, 4) is 23.5 Å². The van der Waals surface area contributed by atoms with Crippen molar-refractivity contribution in [2.75, 3.05) is 0 Å². The van der Waals surface area contributed by atoms with Gasteiger partial charge in [0.15, 0.2) is 0 Å². The summed E-state index contributed by atoms with van der Waals surface area (Å²) in [6, 6.07) is 10.6. The smallest absolute Gasteiger partial charge is 0.214 e. The van der Waals surface area contributed by atoms with Gasteiger partial charge in [0, 0.05) is 17.8 Å². The standard InChI is InChI=1S/C16H15NO2/c1-12(2)19-16-11-13(9-10-17-16)7-8-14-5-3-4-6-15(14)18/h3-6,9-12,18H,1-2H3. The molecule has 1 heterocycles. The summed E-state index contributed by atoms with van der Waals surface area (Å²) in [6.45, 7) is 3.89. The molecule has 1 aromatic carbocycles. The number of phenolic OH excluding ortho intramolecular Hbond substituents is 1. The second-order valence-electron chi connectivity index (χ2n) is 4.32. The third-order valence-corrected chi connectivity index (χ3v) is 2.34. The number of hydrogen-bond donors (Lipinski definition) is 1. The minimum Gasteiger partial charge on any atom is -0.507 e. The number of rotatable bonds is 2. The van der Waals surface area contributed by atoms with Crippen LogP contribution < -0.4 is 4.74 Å². The molecular formula is C16H15NO2. The van der Waals surface area contributed by atoms with Gasteiger partial charge in [-0.25, -0.2) is 4.98 Å². The molecule has 0 saturated heterocycles. The summed E-state index contributed by atoms with van der Waals surface area (Å²) in [6.07, 6.45) is 1.74. The molecule has 1 N–H and O–H groups in total. The van der Waals surface area contributed by atoms with Crippen molar-refractivity contribution in [1.29, 1.82) is 0 Å². The van der Waals surface area contributed by atoms with Crippen molar-refractivity contribution >= 4 is 0 Å². The highest BCUT2D eigenvalue weighted by Crippen LogP contribution is 2.14.